The molecule has 1 saturated heterocycles. The Kier molecular flexibility index (Phi) is 3.62. The van der Waals surface area contributed by atoms with Crippen LogP contribution in [-0.4, -0.2) is 39.6 Å². The second-order valence-electron chi connectivity index (χ2n) is 6.62. The van der Waals surface area contributed by atoms with Gasteiger partial charge in [0.25, 0.3) is 0 Å². The van der Waals surface area contributed by atoms with Crippen molar-refractivity contribution in [1.29, 1.82) is 0 Å². The van der Waals surface area contributed by atoms with E-state index in [1.165, 1.54) is 24.2 Å². The third kappa shape index (κ3) is 2.63. The van der Waals surface area contributed by atoms with Crippen LogP contribution < -0.4 is 0 Å². The lowest BCUT2D eigenvalue weighted by Gasteiger charge is -2.14. The highest BCUT2D eigenvalue weighted by Gasteiger charge is 2.23. The number of aryl methyl sites for hydroxylation is 1. The summed E-state index contributed by atoms with van der Waals surface area (Å²) < 4.78 is 2.25. The third-order valence-corrected chi connectivity index (χ3v) is 4.80. The number of likely N-dealkylation sites (tertiary alicyclic amines) is 1. The maximum absolute atomic E-state index is 4.90. The number of hydrogen-bond donors (Lipinski definition) is 0. The molecule has 0 spiro atoms. The van der Waals surface area contributed by atoms with E-state index in [1.807, 2.05) is 12.3 Å². The molecule has 0 bridgehead atoms. The number of hydrogen-bond acceptors (Lipinski definition) is 3. The molecule has 0 aliphatic carbocycles. The lowest BCUT2D eigenvalue weighted by molar-refractivity contribution is 0.392. The van der Waals surface area contributed by atoms with Crippen LogP contribution in [-0.2, 0) is 6.42 Å². The number of pyridine rings is 1. The van der Waals surface area contributed by atoms with Crippen molar-refractivity contribution in [2.45, 2.75) is 19.8 Å². The van der Waals surface area contributed by atoms with Gasteiger partial charge in [-0.25, -0.2) is 9.97 Å². The molecule has 1 unspecified atom stereocenters. The second-order valence-corrected chi connectivity index (χ2v) is 6.62. The molecule has 23 heavy (non-hydrogen) atoms. The van der Waals surface area contributed by atoms with Crippen molar-refractivity contribution in [3.63, 3.8) is 0 Å². The van der Waals surface area contributed by atoms with E-state index in [-0.39, 0.29) is 0 Å². The van der Waals surface area contributed by atoms with Crippen LogP contribution in [0.25, 0.3) is 16.9 Å². The molecular weight excluding hydrogens is 284 g/mol. The molecule has 4 heteroatoms. The Hall–Kier alpha value is -2.20. The number of nitrogens with zero attached hydrogens (tertiary/aromatic N) is 4. The molecule has 4 rings (SSSR count). The number of benzene rings is 1. The van der Waals surface area contributed by atoms with Gasteiger partial charge in [-0.3, -0.25) is 4.57 Å². The van der Waals surface area contributed by atoms with Crippen molar-refractivity contribution >= 4 is 11.2 Å². The van der Waals surface area contributed by atoms with Crippen LogP contribution in [0.5, 0.6) is 0 Å². The molecule has 0 saturated carbocycles. The van der Waals surface area contributed by atoms with Crippen LogP contribution >= 0.6 is 0 Å². The van der Waals surface area contributed by atoms with Crippen LogP contribution in [0.2, 0.25) is 0 Å². The van der Waals surface area contributed by atoms with E-state index in [9.17, 15) is 0 Å². The van der Waals surface area contributed by atoms with Gasteiger partial charge in [-0.1, -0.05) is 18.2 Å². The topological polar surface area (TPSA) is 34.0 Å². The Morgan fingerprint density at radius 1 is 1.17 bits per heavy atom. The molecule has 4 nitrogen and oxygen atoms in total. The number of rotatable bonds is 3. The van der Waals surface area contributed by atoms with Crippen molar-refractivity contribution in [2.75, 3.05) is 20.1 Å². The normalized spacial score (nSPS) is 18.8. The van der Waals surface area contributed by atoms with E-state index in [1.54, 1.807) is 0 Å². The molecule has 0 amide bonds. The molecule has 3 heterocycles. The van der Waals surface area contributed by atoms with Crippen LogP contribution in [0.3, 0.4) is 0 Å². The molecule has 1 atom stereocenters. The largest absolute Gasteiger partial charge is 0.306 e. The van der Waals surface area contributed by atoms with Gasteiger partial charge in [-0.2, -0.15) is 0 Å². The maximum atomic E-state index is 4.90. The molecule has 0 radical (unpaired) electrons. The molecule has 1 fully saturated rings. The fourth-order valence-corrected chi connectivity index (χ4v) is 3.61. The lowest BCUT2D eigenvalue weighted by atomic mass is 10.0. The maximum Gasteiger partial charge on any atom is 0.164 e. The first-order valence-electron chi connectivity index (χ1n) is 8.29. The minimum atomic E-state index is 0.680. The number of imidazole rings is 1. The first-order chi connectivity index (χ1) is 11.2. The summed E-state index contributed by atoms with van der Waals surface area (Å²) in [5.41, 5.74) is 4.39. The standard InChI is InChI=1S/C19H22N4/c1-14-6-3-4-8-17(14)23-18(12-15-9-11-22(2)13-15)21-16-7-5-10-20-19(16)23/h3-8,10,15H,9,11-13H2,1-2H3. The molecule has 118 valence electrons. The van der Waals surface area contributed by atoms with Gasteiger partial charge in [-0.05, 0) is 56.6 Å². The molecular formula is C19H22N4. The van der Waals surface area contributed by atoms with Gasteiger partial charge in [0, 0.05) is 19.2 Å². The predicted octanol–water partition coefficient (Wildman–Crippen LogP) is 3.22. The zero-order valence-electron chi connectivity index (χ0n) is 13.7. The Labute approximate surface area is 136 Å². The van der Waals surface area contributed by atoms with Gasteiger partial charge in [0.05, 0.1) is 5.69 Å². The van der Waals surface area contributed by atoms with Gasteiger partial charge in [0.2, 0.25) is 0 Å². The van der Waals surface area contributed by atoms with E-state index in [4.69, 9.17) is 4.98 Å². The SMILES string of the molecule is Cc1ccccc1-n1c(CC2CCN(C)C2)nc2cccnc21. The van der Waals surface area contributed by atoms with Crippen molar-refractivity contribution in [1.82, 2.24) is 19.4 Å². The van der Waals surface area contributed by atoms with E-state index >= 15 is 0 Å². The summed E-state index contributed by atoms with van der Waals surface area (Å²) in [5, 5.41) is 0. The average molecular weight is 306 g/mol. The van der Waals surface area contributed by atoms with E-state index in [2.05, 4.69) is 58.8 Å². The zero-order chi connectivity index (χ0) is 15.8. The summed E-state index contributed by atoms with van der Waals surface area (Å²) >= 11 is 0. The first-order valence-corrected chi connectivity index (χ1v) is 8.29. The van der Waals surface area contributed by atoms with Gasteiger partial charge in [0.1, 0.15) is 11.3 Å². The number of fused-ring (bicyclic) bond motifs is 1. The summed E-state index contributed by atoms with van der Waals surface area (Å²) in [6, 6.07) is 12.5. The lowest BCUT2D eigenvalue weighted by Crippen LogP contribution is -2.16. The average Bonchev–Trinajstić information content (AvgIpc) is 3.11. The Morgan fingerprint density at radius 3 is 2.83 bits per heavy atom. The Balaban J connectivity index is 1.83. The fraction of sp³-hybridized carbons (Fsp3) is 0.368. The van der Waals surface area contributed by atoms with Crippen molar-refractivity contribution < 1.29 is 0 Å². The van der Waals surface area contributed by atoms with Gasteiger partial charge in [0.15, 0.2) is 5.65 Å². The highest BCUT2D eigenvalue weighted by Crippen LogP contribution is 2.26. The fourth-order valence-electron chi connectivity index (χ4n) is 3.61. The highest BCUT2D eigenvalue weighted by atomic mass is 15.1. The summed E-state index contributed by atoms with van der Waals surface area (Å²) in [4.78, 5) is 11.9. The van der Waals surface area contributed by atoms with Gasteiger partial charge in [-0.15, -0.1) is 0 Å². The highest BCUT2D eigenvalue weighted by molar-refractivity contribution is 5.74. The van der Waals surface area contributed by atoms with E-state index in [0.29, 0.717) is 5.92 Å². The summed E-state index contributed by atoms with van der Waals surface area (Å²) in [5.74, 6) is 1.81. The molecule has 1 aromatic carbocycles. The van der Waals surface area contributed by atoms with Gasteiger partial charge >= 0.3 is 0 Å². The third-order valence-electron chi connectivity index (χ3n) is 4.80. The van der Waals surface area contributed by atoms with Crippen LogP contribution in [0.15, 0.2) is 42.6 Å². The minimum Gasteiger partial charge on any atom is -0.306 e. The molecule has 1 aliphatic rings. The molecule has 1 aliphatic heterocycles. The summed E-state index contributed by atoms with van der Waals surface area (Å²) in [7, 11) is 2.20. The molecule has 2 aromatic heterocycles. The van der Waals surface area contributed by atoms with Crippen LogP contribution in [0.4, 0.5) is 0 Å². The minimum absolute atomic E-state index is 0.680. The second kappa shape index (κ2) is 5.78. The van der Waals surface area contributed by atoms with Crippen LogP contribution in [0, 0.1) is 12.8 Å². The quantitative estimate of drug-likeness (QED) is 0.745. The molecule has 3 aromatic rings. The number of para-hydroxylation sites is 1. The Morgan fingerprint density at radius 2 is 2.04 bits per heavy atom. The zero-order valence-corrected chi connectivity index (χ0v) is 13.7. The van der Waals surface area contributed by atoms with E-state index < -0.39 is 0 Å². The first kappa shape index (κ1) is 14.4. The van der Waals surface area contributed by atoms with Crippen molar-refractivity contribution in [3.8, 4) is 5.69 Å². The van der Waals surface area contributed by atoms with E-state index in [0.717, 1.165) is 30.0 Å². The van der Waals surface area contributed by atoms with Gasteiger partial charge < -0.3 is 4.90 Å². The molecule has 0 N–H and O–H groups in total. The predicted molar refractivity (Wildman–Crippen MR) is 92.9 cm³/mol. The van der Waals surface area contributed by atoms with Crippen molar-refractivity contribution in [2.24, 2.45) is 5.92 Å². The smallest absolute Gasteiger partial charge is 0.164 e. The number of aromatic nitrogens is 3. The van der Waals surface area contributed by atoms with Crippen LogP contribution in [0.1, 0.15) is 17.8 Å². The summed E-state index contributed by atoms with van der Waals surface area (Å²) in [6.45, 7) is 4.50. The monoisotopic (exact) mass is 306 g/mol. The van der Waals surface area contributed by atoms with Crippen molar-refractivity contribution in [3.05, 3.63) is 54.0 Å². The summed E-state index contributed by atoms with van der Waals surface area (Å²) in [6.07, 6.45) is 4.11. The Bertz CT molecular complexity index is 836.